The van der Waals surface area contributed by atoms with Crippen molar-refractivity contribution in [2.75, 3.05) is 29.9 Å². The van der Waals surface area contributed by atoms with Crippen LogP contribution in [0.1, 0.15) is 39.7 Å². The Morgan fingerprint density at radius 3 is 2.62 bits per heavy atom. The lowest BCUT2D eigenvalue weighted by atomic mass is 9.99. The molecule has 0 radical (unpaired) electrons. The van der Waals surface area contributed by atoms with E-state index in [1.807, 2.05) is 6.07 Å². The van der Waals surface area contributed by atoms with E-state index in [0.717, 1.165) is 43.4 Å². The van der Waals surface area contributed by atoms with Crippen LogP contribution < -0.4 is 10.2 Å². The Kier molecular flexibility index (Phi) is 7.37. The smallest absolute Gasteiger partial charge is 0.224 e. The molecule has 2 aromatic rings. The van der Waals surface area contributed by atoms with Crippen molar-refractivity contribution in [3.8, 4) is 0 Å². The van der Waals surface area contributed by atoms with E-state index in [1.54, 1.807) is 6.20 Å². The molecule has 1 aromatic heterocycles. The molecule has 0 spiro atoms. The Hall–Kier alpha value is -2.27. The van der Waals surface area contributed by atoms with Crippen molar-refractivity contribution in [1.82, 2.24) is 14.9 Å². The molecular weight excluding hydrogens is 382 g/mol. The number of piperazine rings is 1. The van der Waals surface area contributed by atoms with Crippen molar-refractivity contribution >= 4 is 23.1 Å². The van der Waals surface area contributed by atoms with Crippen molar-refractivity contribution in [1.29, 1.82) is 0 Å². The normalized spacial score (nSPS) is 17.7. The number of rotatable bonds is 7. The van der Waals surface area contributed by atoms with Crippen LogP contribution in [0.4, 0.5) is 11.5 Å². The topological polar surface area (TPSA) is 44.3 Å². The molecule has 1 aliphatic rings. The van der Waals surface area contributed by atoms with Crippen LogP contribution in [0.3, 0.4) is 0 Å². The quantitative estimate of drug-likeness (QED) is 0.632. The lowest BCUT2D eigenvalue weighted by Crippen LogP contribution is -2.55. The van der Waals surface area contributed by atoms with Crippen LogP contribution in [-0.4, -0.2) is 40.5 Å². The zero-order valence-electron chi connectivity index (χ0n) is 17.9. The molecular formula is C23H32ClN5. The maximum absolute atomic E-state index is 6.01. The maximum atomic E-state index is 6.01. The first kappa shape index (κ1) is 21.4. The SMILES string of the molecule is C/C=C(\Nc1ccc(CCC)cc1)N1CCN(c2ccnc(Cl)n2)CC1C(C)C. The highest BCUT2D eigenvalue weighted by Gasteiger charge is 2.31. The Bertz CT molecular complexity index is 818. The average Bonchev–Trinajstić information content (AvgIpc) is 2.73. The second-order valence-corrected chi connectivity index (χ2v) is 8.22. The molecule has 0 amide bonds. The molecule has 6 heteroatoms. The lowest BCUT2D eigenvalue weighted by Gasteiger charge is -2.46. The molecule has 1 saturated heterocycles. The third kappa shape index (κ3) is 5.41. The van der Waals surface area contributed by atoms with Gasteiger partial charge < -0.3 is 15.1 Å². The Balaban J connectivity index is 1.73. The highest BCUT2D eigenvalue weighted by molar-refractivity contribution is 6.28. The number of halogens is 1. The fraction of sp³-hybridized carbons (Fsp3) is 0.478. The third-order valence-corrected chi connectivity index (χ3v) is 5.65. The number of hydrogen-bond acceptors (Lipinski definition) is 5. The largest absolute Gasteiger partial charge is 0.353 e. The summed E-state index contributed by atoms with van der Waals surface area (Å²) in [5.41, 5.74) is 2.52. The summed E-state index contributed by atoms with van der Waals surface area (Å²) >= 11 is 6.01. The van der Waals surface area contributed by atoms with Gasteiger partial charge in [0.05, 0.1) is 6.04 Å². The fourth-order valence-corrected chi connectivity index (χ4v) is 4.03. The molecule has 0 aliphatic carbocycles. The first-order valence-corrected chi connectivity index (χ1v) is 10.9. The molecule has 29 heavy (non-hydrogen) atoms. The number of allylic oxidation sites excluding steroid dienone is 1. The molecule has 1 unspecified atom stereocenters. The molecule has 5 nitrogen and oxygen atoms in total. The number of nitrogens with one attached hydrogen (secondary N) is 1. The third-order valence-electron chi connectivity index (χ3n) is 5.47. The van der Waals surface area contributed by atoms with Gasteiger partial charge in [-0.15, -0.1) is 0 Å². The monoisotopic (exact) mass is 413 g/mol. The van der Waals surface area contributed by atoms with E-state index in [-0.39, 0.29) is 0 Å². The van der Waals surface area contributed by atoms with Crippen LogP contribution in [0.25, 0.3) is 0 Å². The molecule has 1 aromatic carbocycles. The molecule has 1 N–H and O–H groups in total. The molecule has 2 heterocycles. The maximum Gasteiger partial charge on any atom is 0.224 e. The number of nitrogens with zero attached hydrogens (tertiary/aromatic N) is 4. The zero-order valence-corrected chi connectivity index (χ0v) is 18.7. The van der Waals surface area contributed by atoms with Gasteiger partial charge in [-0.1, -0.05) is 39.3 Å². The van der Waals surface area contributed by atoms with E-state index < -0.39 is 0 Å². The van der Waals surface area contributed by atoms with Crippen molar-refractivity contribution in [2.24, 2.45) is 5.92 Å². The fourth-order valence-electron chi connectivity index (χ4n) is 3.89. The highest BCUT2D eigenvalue weighted by atomic mass is 35.5. The van der Waals surface area contributed by atoms with Crippen LogP contribution in [0, 0.1) is 5.92 Å². The number of aromatic nitrogens is 2. The van der Waals surface area contributed by atoms with Gasteiger partial charge in [0.25, 0.3) is 0 Å². The Labute approximate surface area is 179 Å². The van der Waals surface area contributed by atoms with Gasteiger partial charge in [-0.05, 0) is 60.7 Å². The van der Waals surface area contributed by atoms with Gasteiger partial charge in [-0.25, -0.2) is 9.97 Å². The van der Waals surface area contributed by atoms with E-state index in [0.29, 0.717) is 17.2 Å². The molecule has 1 fully saturated rings. The van der Waals surface area contributed by atoms with Gasteiger partial charge in [0.15, 0.2) is 0 Å². The van der Waals surface area contributed by atoms with Gasteiger partial charge in [0.1, 0.15) is 11.6 Å². The average molecular weight is 414 g/mol. The van der Waals surface area contributed by atoms with Crippen LogP contribution in [0.5, 0.6) is 0 Å². The molecule has 1 atom stereocenters. The summed E-state index contributed by atoms with van der Waals surface area (Å²) < 4.78 is 0. The number of aryl methyl sites for hydroxylation is 1. The van der Waals surface area contributed by atoms with Crippen molar-refractivity contribution in [3.63, 3.8) is 0 Å². The Morgan fingerprint density at radius 2 is 2.00 bits per heavy atom. The summed E-state index contributed by atoms with van der Waals surface area (Å²) in [5, 5.41) is 3.94. The van der Waals surface area contributed by atoms with E-state index in [1.165, 1.54) is 12.0 Å². The van der Waals surface area contributed by atoms with Crippen LogP contribution in [-0.2, 0) is 6.42 Å². The summed E-state index contributed by atoms with van der Waals surface area (Å²) in [4.78, 5) is 13.2. The van der Waals surface area contributed by atoms with Gasteiger partial charge in [-0.3, -0.25) is 0 Å². The Morgan fingerprint density at radius 1 is 1.24 bits per heavy atom. The van der Waals surface area contributed by atoms with E-state index in [4.69, 9.17) is 11.6 Å². The van der Waals surface area contributed by atoms with E-state index in [2.05, 4.69) is 83.1 Å². The second-order valence-electron chi connectivity index (χ2n) is 7.88. The second kappa shape index (κ2) is 9.97. The minimum atomic E-state index is 0.299. The number of anilines is 2. The van der Waals surface area contributed by atoms with E-state index >= 15 is 0 Å². The zero-order chi connectivity index (χ0) is 20.8. The number of hydrogen-bond donors (Lipinski definition) is 1. The first-order valence-electron chi connectivity index (χ1n) is 10.5. The van der Waals surface area contributed by atoms with Crippen molar-refractivity contribution in [3.05, 3.63) is 59.3 Å². The highest BCUT2D eigenvalue weighted by Crippen LogP contribution is 2.26. The summed E-state index contributed by atoms with van der Waals surface area (Å²) in [5.74, 6) is 2.56. The predicted molar refractivity (Wildman–Crippen MR) is 122 cm³/mol. The van der Waals surface area contributed by atoms with Crippen LogP contribution in [0.15, 0.2) is 48.4 Å². The summed E-state index contributed by atoms with van der Waals surface area (Å²) in [7, 11) is 0. The molecule has 0 bridgehead atoms. The molecule has 1 aliphatic heterocycles. The van der Waals surface area contributed by atoms with Crippen molar-refractivity contribution < 1.29 is 0 Å². The lowest BCUT2D eigenvalue weighted by molar-refractivity contribution is 0.182. The molecule has 3 rings (SSSR count). The summed E-state index contributed by atoms with van der Waals surface area (Å²) in [6.07, 6.45) is 6.20. The summed E-state index contributed by atoms with van der Waals surface area (Å²) in [6.45, 7) is 11.6. The standard InChI is InChI=1S/C23H32ClN5/c1-5-7-18-8-10-19(11-9-18)26-21(6-2)29-15-14-28(16-20(29)17(3)4)22-12-13-25-23(24)27-22/h6,8-13,17,20,26H,5,7,14-16H2,1-4H3/b21-6+. The first-order chi connectivity index (χ1) is 14.0. The van der Waals surface area contributed by atoms with Gasteiger partial charge in [0, 0.05) is 31.5 Å². The van der Waals surface area contributed by atoms with Gasteiger partial charge in [-0.2, -0.15) is 0 Å². The van der Waals surface area contributed by atoms with E-state index in [9.17, 15) is 0 Å². The van der Waals surface area contributed by atoms with Crippen LogP contribution >= 0.6 is 11.6 Å². The molecule has 0 saturated carbocycles. The van der Waals surface area contributed by atoms with Crippen LogP contribution in [0.2, 0.25) is 5.28 Å². The van der Waals surface area contributed by atoms with Crippen molar-refractivity contribution in [2.45, 2.75) is 46.6 Å². The minimum absolute atomic E-state index is 0.299. The minimum Gasteiger partial charge on any atom is -0.353 e. The van der Waals surface area contributed by atoms with Gasteiger partial charge >= 0.3 is 0 Å². The number of benzene rings is 1. The van der Waals surface area contributed by atoms with Gasteiger partial charge in [0.2, 0.25) is 5.28 Å². The predicted octanol–water partition coefficient (Wildman–Crippen LogP) is 5.20. The molecule has 156 valence electrons. The summed E-state index contributed by atoms with van der Waals surface area (Å²) in [6, 6.07) is 11.1.